The molecule has 1 amide bonds. The lowest BCUT2D eigenvalue weighted by Gasteiger charge is -2.13. The first-order chi connectivity index (χ1) is 9.92. The lowest BCUT2D eigenvalue weighted by Crippen LogP contribution is -2.43. The zero-order valence-electron chi connectivity index (χ0n) is 11.1. The number of aliphatic hydroxyl groups excluding tert-OH is 1. The van der Waals surface area contributed by atoms with Crippen LogP contribution in [0.25, 0.3) is 10.9 Å². The van der Waals surface area contributed by atoms with Crippen LogP contribution in [-0.2, 0) is 4.79 Å². The van der Waals surface area contributed by atoms with Gasteiger partial charge in [0.15, 0.2) is 6.04 Å². The van der Waals surface area contributed by atoms with Crippen LogP contribution < -0.4 is 5.32 Å². The molecule has 0 spiro atoms. The van der Waals surface area contributed by atoms with Crippen molar-refractivity contribution in [2.45, 2.75) is 13.0 Å². The Labute approximate surface area is 119 Å². The topological polar surface area (TPSA) is 99.5 Å². The zero-order valence-corrected chi connectivity index (χ0v) is 11.1. The highest BCUT2D eigenvalue weighted by molar-refractivity contribution is 6.07. The molecule has 0 aliphatic heterocycles. The highest BCUT2D eigenvalue weighted by Gasteiger charge is 2.21. The molecule has 21 heavy (non-hydrogen) atoms. The van der Waals surface area contributed by atoms with Crippen molar-refractivity contribution in [2.75, 3.05) is 6.61 Å². The predicted molar refractivity (Wildman–Crippen MR) is 72.4 cm³/mol. The molecule has 0 aliphatic rings. The summed E-state index contributed by atoms with van der Waals surface area (Å²) in [7, 11) is 0. The quantitative estimate of drug-likeness (QED) is 0.776. The molecule has 0 saturated heterocycles. The van der Waals surface area contributed by atoms with Crippen molar-refractivity contribution in [1.82, 2.24) is 10.3 Å². The Kier molecular flexibility index (Phi) is 4.13. The monoisotopic (exact) mass is 292 g/mol. The van der Waals surface area contributed by atoms with Crippen molar-refractivity contribution >= 4 is 22.8 Å². The molecule has 3 N–H and O–H groups in total. The second-order valence-electron chi connectivity index (χ2n) is 4.52. The first kappa shape index (κ1) is 14.9. The SMILES string of the molecule is Cc1cc(C(=O)NC(CO)C(=O)O)c2cc(F)ccc2n1. The number of fused-ring (bicyclic) bond motifs is 1. The van der Waals surface area contributed by atoms with Gasteiger partial charge in [-0.1, -0.05) is 0 Å². The minimum atomic E-state index is -1.42. The van der Waals surface area contributed by atoms with E-state index in [1.165, 1.54) is 18.2 Å². The van der Waals surface area contributed by atoms with E-state index < -0.39 is 30.3 Å². The fourth-order valence-corrected chi connectivity index (χ4v) is 1.94. The number of hydrogen-bond acceptors (Lipinski definition) is 4. The molecule has 1 atom stereocenters. The molecular formula is C14H13FN2O4. The summed E-state index contributed by atoms with van der Waals surface area (Å²) in [6.07, 6.45) is 0. The Balaban J connectivity index is 2.47. The van der Waals surface area contributed by atoms with E-state index >= 15 is 0 Å². The third kappa shape index (κ3) is 3.14. The number of halogens is 1. The van der Waals surface area contributed by atoms with Crippen LogP contribution in [-0.4, -0.2) is 39.7 Å². The second kappa shape index (κ2) is 5.84. The molecule has 1 unspecified atom stereocenters. The Hall–Kier alpha value is -2.54. The number of aromatic nitrogens is 1. The molecular weight excluding hydrogens is 279 g/mol. The summed E-state index contributed by atoms with van der Waals surface area (Å²) in [5.41, 5.74) is 1.07. The van der Waals surface area contributed by atoms with Gasteiger partial charge in [-0.25, -0.2) is 9.18 Å². The van der Waals surface area contributed by atoms with E-state index in [-0.39, 0.29) is 10.9 Å². The molecule has 0 aliphatic carbocycles. The molecule has 0 saturated carbocycles. The van der Waals surface area contributed by atoms with Gasteiger partial charge in [-0.15, -0.1) is 0 Å². The molecule has 1 aromatic heterocycles. The highest BCUT2D eigenvalue weighted by atomic mass is 19.1. The Morgan fingerprint density at radius 1 is 1.38 bits per heavy atom. The summed E-state index contributed by atoms with van der Waals surface area (Å²) in [5.74, 6) is -2.59. The van der Waals surface area contributed by atoms with Gasteiger partial charge in [-0.2, -0.15) is 0 Å². The number of benzene rings is 1. The second-order valence-corrected chi connectivity index (χ2v) is 4.52. The minimum absolute atomic E-state index is 0.108. The minimum Gasteiger partial charge on any atom is -0.480 e. The molecule has 7 heteroatoms. The van der Waals surface area contributed by atoms with E-state index in [1.807, 2.05) is 0 Å². The van der Waals surface area contributed by atoms with Crippen LogP contribution in [0.5, 0.6) is 0 Å². The third-order valence-electron chi connectivity index (χ3n) is 2.93. The van der Waals surface area contributed by atoms with Crippen LogP contribution in [0.2, 0.25) is 0 Å². The molecule has 2 rings (SSSR count). The van der Waals surface area contributed by atoms with Crippen LogP contribution in [0.1, 0.15) is 16.1 Å². The maximum Gasteiger partial charge on any atom is 0.328 e. The van der Waals surface area contributed by atoms with Gasteiger partial charge in [0.1, 0.15) is 5.82 Å². The van der Waals surface area contributed by atoms with E-state index in [1.54, 1.807) is 6.92 Å². The van der Waals surface area contributed by atoms with E-state index in [0.717, 1.165) is 6.07 Å². The van der Waals surface area contributed by atoms with Crippen molar-refractivity contribution in [3.05, 3.63) is 41.3 Å². The summed E-state index contributed by atoms with van der Waals surface area (Å²) < 4.78 is 13.3. The molecule has 0 bridgehead atoms. The van der Waals surface area contributed by atoms with Gasteiger partial charge in [-0.3, -0.25) is 9.78 Å². The smallest absolute Gasteiger partial charge is 0.328 e. The average Bonchev–Trinajstić information content (AvgIpc) is 2.43. The number of aryl methyl sites for hydroxylation is 1. The van der Waals surface area contributed by atoms with Crippen LogP contribution in [0.4, 0.5) is 4.39 Å². The summed E-state index contributed by atoms with van der Waals surface area (Å²) in [6.45, 7) is 0.928. The van der Waals surface area contributed by atoms with Crippen LogP contribution in [0, 0.1) is 12.7 Å². The Morgan fingerprint density at radius 3 is 2.71 bits per heavy atom. The highest BCUT2D eigenvalue weighted by Crippen LogP contribution is 2.19. The maximum atomic E-state index is 13.3. The number of nitrogens with one attached hydrogen (secondary N) is 1. The molecule has 0 radical (unpaired) electrons. The standard InChI is InChI=1S/C14H13FN2O4/c1-7-4-10(13(19)17-12(6-18)14(20)21)9-5-8(15)2-3-11(9)16-7/h2-5,12,18H,6H2,1H3,(H,17,19)(H,20,21). The lowest BCUT2D eigenvalue weighted by atomic mass is 10.1. The number of aliphatic carboxylic acids is 1. The van der Waals surface area contributed by atoms with E-state index in [2.05, 4.69) is 10.3 Å². The number of rotatable bonds is 4. The number of nitrogens with zero attached hydrogens (tertiary/aromatic N) is 1. The van der Waals surface area contributed by atoms with Crippen LogP contribution >= 0.6 is 0 Å². The number of carboxylic acid groups (broad SMARTS) is 1. The lowest BCUT2D eigenvalue weighted by molar-refractivity contribution is -0.140. The molecule has 110 valence electrons. The number of carbonyl (C=O) groups is 2. The number of hydrogen-bond donors (Lipinski definition) is 3. The van der Waals surface area contributed by atoms with Gasteiger partial charge in [0.25, 0.3) is 5.91 Å². The molecule has 6 nitrogen and oxygen atoms in total. The van der Waals surface area contributed by atoms with Crippen LogP contribution in [0.15, 0.2) is 24.3 Å². The summed E-state index contributed by atoms with van der Waals surface area (Å²) in [6, 6.07) is 3.84. The fourth-order valence-electron chi connectivity index (χ4n) is 1.94. The predicted octanol–water partition coefficient (Wildman–Crippen LogP) is 0.858. The summed E-state index contributed by atoms with van der Waals surface area (Å²) in [5, 5.41) is 20.2. The van der Waals surface area contributed by atoms with Crippen molar-refractivity contribution < 1.29 is 24.2 Å². The van der Waals surface area contributed by atoms with E-state index in [9.17, 15) is 14.0 Å². The molecule has 1 heterocycles. The Morgan fingerprint density at radius 2 is 2.10 bits per heavy atom. The van der Waals surface area contributed by atoms with E-state index in [0.29, 0.717) is 11.2 Å². The fraction of sp³-hybridized carbons (Fsp3) is 0.214. The van der Waals surface area contributed by atoms with Crippen molar-refractivity contribution in [3.63, 3.8) is 0 Å². The maximum absolute atomic E-state index is 13.3. The average molecular weight is 292 g/mol. The summed E-state index contributed by atoms with van der Waals surface area (Å²) in [4.78, 5) is 27.2. The van der Waals surface area contributed by atoms with Crippen molar-refractivity contribution in [3.8, 4) is 0 Å². The van der Waals surface area contributed by atoms with Gasteiger partial charge in [-0.05, 0) is 31.2 Å². The molecule has 0 fully saturated rings. The number of carboxylic acids is 1. The van der Waals surface area contributed by atoms with Gasteiger partial charge < -0.3 is 15.5 Å². The van der Waals surface area contributed by atoms with Crippen molar-refractivity contribution in [2.24, 2.45) is 0 Å². The Bertz CT molecular complexity index is 717. The summed E-state index contributed by atoms with van der Waals surface area (Å²) >= 11 is 0. The number of carbonyl (C=O) groups excluding carboxylic acids is 1. The van der Waals surface area contributed by atoms with Crippen LogP contribution in [0.3, 0.4) is 0 Å². The van der Waals surface area contributed by atoms with Gasteiger partial charge >= 0.3 is 5.97 Å². The van der Waals surface area contributed by atoms with E-state index in [4.69, 9.17) is 10.2 Å². The zero-order chi connectivity index (χ0) is 15.6. The van der Waals surface area contributed by atoms with Gasteiger partial charge in [0, 0.05) is 11.1 Å². The molecule has 1 aromatic carbocycles. The molecule has 2 aromatic rings. The van der Waals surface area contributed by atoms with Gasteiger partial charge in [0.2, 0.25) is 0 Å². The third-order valence-corrected chi connectivity index (χ3v) is 2.93. The van der Waals surface area contributed by atoms with Gasteiger partial charge in [0.05, 0.1) is 17.7 Å². The normalized spacial score (nSPS) is 12.1. The number of aliphatic hydroxyl groups is 1. The van der Waals surface area contributed by atoms with Crippen molar-refractivity contribution in [1.29, 1.82) is 0 Å². The first-order valence-electron chi connectivity index (χ1n) is 6.14. The largest absolute Gasteiger partial charge is 0.480 e. The first-order valence-corrected chi connectivity index (χ1v) is 6.14. The number of amides is 1. The number of pyridine rings is 1.